The lowest BCUT2D eigenvalue weighted by Crippen LogP contribution is -1.87. The number of pyridine rings is 2. The Morgan fingerprint density at radius 2 is 2.06 bits per heavy atom. The fourth-order valence-corrected chi connectivity index (χ4v) is 1.82. The fraction of sp³-hybridized carbons (Fsp3) is 0.0769. The predicted molar refractivity (Wildman–Crippen MR) is 65.0 cm³/mol. The van der Waals surface area contributed by atoms with E-state index in [0.717, 1.165) is 16.6 Å². The number of methoxy groups -OCH3 is 1. The van der Waals surface area contributed by atoms with Gasteiger partial charge in [-0.3, -0.25) is 0 Å². The van der Waals surface area contributed by atoms with E-state index in [-0.39, 0.29) is 0 Å². The van der Waals surface area contributed by atoms with Gasteiger partial charge in [0.25, 0.3) is 0 Å². The first-order valence-electron chi connectivity index (χ1n) is 5.31. The lowest BCUT2D eigenvalue weighted by Gasteiger charge is -2.01. The number of rotatable bonds is 2. The van der Waals surface area contributed by atoms with E-state index in [1.807, 2.05) is 47.2 Å². The minimum atomic E-state index is 0.616. The van der Waals surface area contributed by atoms with Crippen molar-refractivity contribution in [3.63, 3.8) is 0 Å². The number of hydrogen-bond donors (Lipinski definition) is 0. The van der Waals surface area contributed by atoms with Crippen molar-refractivity contribution in [3.8, 4) is 17.0 Å². The van der Waals surface area contributed by atoms with E-state index in [1.54, 1.807) is 13.3 Å². The molecule has 0 aliphatic heterocycles. The van der Waals surface area contributed by atoms with Crippen LogP contribution in [0, 0.1) is 0 Å². The summed E-state index contributed by atoms with van der Waals surface area (Å²) in [6.07, 6.45) is 5.57. The van der Waals surface area contributed by atoms with Crippen LogP contribution in [0.2, 0.25) is 0 Å². The second kappa shape index (κ2) is 3.90. The third-order valence-electron chi connectivity index (χ3n) is 2.68. The molecule has 3 aromatic heterocycles. The van der Waals surface area contributed by atoms with Gasteiger partial charge in [0, 0.05) is 29.6 Å². The van der Waals surface area contributed by atoms with Crippen LogP contribution in [0.25, 0.3) is 16.6 Å². The quantitative estimate of drug-likeness (QED) is 0.672. The first-order valence-corrected chi connectivity index (χ1v) is 5.31. The smallest absolute Gasteiger partial charge is 0.212 e. The highest BCUT2D eigenvalue weighted by Crippen LogP contribution is 2.24. The Hall–Kier alpha value is -2.36. The molecule has 0 aliphatic rings. The van der Waals surface area contributed by atoms with Crippen LogP contribution in [-0.2, 0) is 0 Å². The third-order valence-corrected chi connectivity index (χ3v) is 2.68. The fourth-order valence-electron chi connectivity index (χ4n) is 1.82. The number of nitrogens with zero attached hydrogens (tertiary/aromatic N) is 3. The molecule has 0 saturated heterocycles. The monoisotopic (exact) mass is 225 g/mol. The molecule has 0 saturated carbocycles. The summed E-state index contributed by atoms with van der Waals surface area (Å²) in [5.41, 5.74) is 3.17. The van der Waals surface area contributed by atoms with Crippen molar-refractivity contribution in [2.45, 2.75) is 0 Å². The number of ether oxygens (including phenoxy) is 1. The highest BCUT2D eigenvalue weighted by molar-refractivity contribution is 5.79. The number of hydrogen-bond acceptors (Lipinski definition) is 3. The second-order valence-corrected chi connectivity index (χ2v) is 3.68. The van der Waals surface area contributed by atoms with Crippen molar-refractivity contribution >= 4 is 5.52 Å². The molecule has 3 aromatic rings. The van der Waals surface area contributed by atoms with Crippen LogP contribution in [0.4, 0.5) is 0 Å². The summed E-state index contributed by atoms with van der Waals surface area (Å²) in [5, 5.41) is 4.30. The zero-order valence-corrected chi connectivity index (χ0v) is 9.37. The third kappa shape index (κ3) is 1.63. The van der Waals surface area contributed by atoms with E-state index in [0.29, 0.717) is 5.88 Å². The van der Waals surface area contributed by atoms with Gasteiger partial charge in [-0.2, -0.15) is 5.10 Å². The molecule has 0 unspecified atom stereocenters. The first-order chi connectivity index (χ1) is 8.38. The summed E-state index contributed by atoms with van der Waals surface area (Å²) in [6, 6.07) is 9.82. The van der Waals surface area contributed by atoms with Crippen molar-refractivity contribution < 1.29 is 4.74 Å². The minimum Gasteiger partial charge on any atom is -0.481 e. The Morgan fingerprint density at radius 3 is 2.82 bits per heavy atom. The molecule has 0 fully saturated rings. The molecule has 0 spiro atoms. The van der Waals surface area contributed by atoms with Crippen LogP contribution in [0.3, 0.4) is 0 Å². The van der Waals surface area contributed by atoms with Gasteiger partial charge in [0.1, 0.15) is 0 Å². The lowest BCUT2D eigenvalue weighted by molar-refractivity contribution is 0.398. The van der Waals surface area contributed by atoms with Gasteiger partial charge >= 0.3 is 0 Å². The molecule has 0 aromatic carbocycles. The molecule has 0 aliphatic carbocycles. The van der Waals surface area contributed by atoms with Crippen molar-refractivity contribution in [2.75, 3.05) is 7.11 Å². The second-order valence-electron chi connectivity index (χ2n) is 3.68. The molecule has 3 rings (SSSR count). The summed E-state index contributed by atoms with van der Waals surface area (Å²) in [7, 11) is 1.61. The lowest BCUT2D eigenvalue weighted by atomic mass is 10.1. The SMILES string of the molecule is COc1ccc(-c2cnn3ccccc23)cn1. The summed E-state index contributed by atoms with van der Waals surface area (Å²) < 4.78 is 6.89. The topological polar surface area (TPSA) is 39.4 Å². The molecule has 17 heavy (non-hydrogen) atoms. The van der Waals surface area contributed by atoms with Crippen molar-refractivity contribution in [1.29, 1.82) is 0 Å². The molecule has 4 heteroatoms. The van der Waals surface area contributed by atoms with Crippen LogP contribution in [0.15, 0.2) is 48.9 Å². The Bertz CT molecular complexity index is 643. The van der Waals surface area contributed by atoms with Gasteiger partial charge in [-0.1, -0.05) is 6.07 Å². The molecular weight excluding hydrogens is 214 g/mol. The molecule has 4 nitrogen and oxygen atoms in total. The number of aromatic nitrogens is 3. The average Bonchev–Trinajstić information content (AvgIpc) is 2.83. The van der Waals surface area contributed by atoms with E-state index < -0.39 is 0 Å². The Morgan fingerprint density at radius 1 is 1.12 bits per heavy atom. The van der Waals surface area contributed by atoms with E-state index in [1.165, 1.54) is 0 Å². The average molecular weight is 225 g/mol. The maximum atomic E-state index is 5.04. The van der Waals surface area contributed by atoms with E-state index in [9.17, 15) is 0 Å². The highest BCUT2D eigenvalue weighted by atomic mass is 16.5. The molecular formula is C13H11N3O. The molecule has 84 valence electrons. The minimum absolute atomic E-state index is 0.616. The maximum absolute atomic E-state index is 5.04. The van der Waals surface area contributed by atoms with Crippen molar-refractivity contribution in [3.05, 3.63) is 48.9 Å². The molecule has 3 heterocycles. The Kier molecular flexibility index (Phi) is 2.26. The summed E-state index contributed by atoms with van der Waals surface area (Å²) in [4.78, 5) is 4.20. The van der Waals surface area contributed by atoms with Crippen LogP contribution in [0.1, 0.15) is 0 Å². The van der Waals surface area contributed by atoms with E-state index in [4.69, 9.17) is 4.74 Å². The van der Waals surface area contributed by atoms with Gasteiger partial charge in [0.15, 0.2) is 0 Å². The van der Waals surface area contributed by atoms with E-state index in [2.05, 4.69) is 10.1 Å². The van der Waals surface area contributed by atoms with Gasteiger partial charge in [-0.25, -0.2) is 9.50 Å². The largest absolute Gasteiger partial charge is 0.481 e. The number of fused-ring (bicyclic) bond motifs is 1. The zero-order chi connectivity index (χ0) is 11.7. The molecule has 0 N–H and O–H groups in total. The normalized spacial score (nSPS) is 10.6. The first kappa shape index (κ1) is 9.84. The molecule has 0 radical (unpaired) electrons. The van der Waals surface area contributed by atoms with Crippen molar-refractivity contribution in [2.24, 2.45) is 0 Å². The Balaban J connectivity index is 2.13. The standard InChI is InChI=1S/C13H11N3O/c1-17-13-6-5-10(8-14-13)11-9-15-16-7-3-2-4-12(11)16/h2-9H,1H3. The summed E-state index contributed by atoms with van der Waals surface area (Å²) in [5.74, 6) is 0.616. The summed E-state index contributed by atoms with van der Waals surface area (Å²) in [6.45, 7) is 0. The molecule has 0 atom stereocenters. The molecule has 0 bridgehead atoms. The highest BCUT2D eigenvalue weighted by Gasteiger charge is 2.06. The van der Waals surface area contributed by atoms with Gasteiger partial charge in [0.2, 0.25) is 5.88 Å². The van der Waals surface area contributed by atoms with Crippen LogP contribution in [-0.4, -0.2) is 21.7 Å². The molecule has 0 amide bonds. The van der Waals surface area contributed by atoms with E-state index >= 15 is 0 Å². The predicted octanol–water partition coefficient (Wildman–Crippen LogP) is 2.40. The van der Waals surface area contributed by atoms with Gasteiger partial charge in [0.05, 0.1) is 18.8 Å². The van der Waals surface area contributed by atoms with Crippen LogP contribution in [0.5, 0.6) is 5.88 Å². The van der Waals surface area contributed by atoms with Gasteiger partial charge < -0.3 is 4.74 Å². The van der Waals surface area contributed by atoms with Gasteiger partial charge in [-0.05, 0) is 18.2 Å². The maximum Gasteiger partial charge on any atom is 0.212 e. The summed E-state index contributed by atoms with van der Waals surface area (Å²) >= 11 is 0. The Labute approximate surface area is 98.5 Å². The van der Waals surface area contributed by atoms with Gasteiger partial charge in [-0.15, -0.1) is 0 Å². The van der Waals surface area contributed by atoms with Crippen molar-refractivity contribution in [1.82, 2.24) is 14.6 Å². The van der Waals surface area contributed by atoms with Crippen LogP contribution < -0.4 is 4.74 Å². The zero-order valence-electron chi connectivity index (χ0n) is 9.37. The van der Waals surface area contributed by atoms with Crippen LogP contribution >= 0.6 is 0 Å².